The molecule has 1 aromatic heterocycles. The second-order valence-electron chi connectivity index (χ2n) is 1.93. The van der Waals surface area contributed by atoms with Crippen molar-refractivity contribution in [2.45, 2.75) is 6.41 Å². The molecule has 2 rings (SSSR count). The number of ether oxygens (including phenoxy) is 2. The van der Waals surface area contributed by atoms with Crippen molar-refractivity contribution in [1.82, 2.24) is 15.0 Å². The summed E-state index contributed by atoms with van der Waals surface area (Å²) in [4.78, 5) is 0. The van der Waals surface area contributed by atoms with Gasteiger partial charge in [-0.3, -0.25) is 0 Å². The van der Waals surface area contributed by atoms with Gasteiger partial charge in [-0.05, 0) is 0 Å². The molecule has 0 bridgehead atoms. The Bertz CT molecular complexity index is 193. The van der Waals surface area contributed by atoms with Gasteiger partial charge in [0, 0.05) is 0 Å². The Kier molecular flexibility index (Phi) is 1.37. The van der Waals surface area contributed by atoms with Gasteiger partial charge in [-0.15, -0.1) is 5.10 Å². The summed E-state index contributed by atoms with van der Waals surface area (Å²) in [5.41, 5.74) is 0. The van der Waals surface area contributed by atoms with Gasteiger partial charge in [-0.25, -0.2) is 0 Å². The van der Waals surface area contributed by atoms with E-state index in [9.17, 15) is 0 Å². The Labute approximate surface area is 57.5 Å². The molecule has 2 heterocycles. The number of hydrogen-bond acceptors (Lipinski definition) is 4. The van der Waals surface area contributed by atoms with Crippen molar-refractivity contribution in [3.05, 3.63) is 12.4 Å². The van der Waals surface area contributed by atoms with Gasteiger partial charge in [0.05, 0.1) is 25.6 Å². The molecule has 5 nitrogen and oxygen atoms in total. The maximum Gasteiger partial charge on any atom is 0.261 e. The molecule has 0 aromatic carbocycles. The molecule has 10 heavy (non-hydrogen) atoms. The normalized spacial score (nSPS) is 20.0. The Morgan fingerprint density at radius 3 is 2.80 bits per heavy atom. The van der Waals surface area contributed by atoms with Crippen molar-refractivity contribution < 1.29 is 9.47 Å². The van der Waals surface area contributed by atoms with Crippen LogP contribution < -0.4 is 0 Å². The van der Waals surface area contributed by atoms with Crippen molar-refractivity contribution in [3.63, 3.8) is 0 Å². The Morgan fingerprint density at radius 2 is 2.20 bits per heavy atom. The van der Waals surface area contributed by atoms with Gasteiger partial charge >= 0.3 is 0 Å². The van der Waals surface area contributed by atoms with Crippen LogP contribution in [0.5, 0.6) is 0 Å². The fourth-order valence-corrected chi connectivity index (χ4v) is 0.829. The Balaban J connectivity index is 2.12. The minimum Gasteiger partial charge on any atom is -0.331 e. The quantitative estimate of drug-likeness (QED) is 0.542. The molecule has 0 atom stereocenters. The van der Waals surface area contributed by atoms with E-state index in [1.165, 1.54) is 4.68 Å². The molecule has 0 unspecified atom stereocenters. The average Bonchev–Trinajstić information content (AvgIpc) is 2.59. The topological polar surface area (TPSA) is 49.2 Å². The van der Waals surface area contributed by atoms with Crippen molar-refractivity contribution in [2.75, 3.05) is 13.2 Å². The second kappa shape index (κ2) is 2.36. The summed E-state index contributed by atoms with van der Waals surface area (Å²) in [5, 5.41) is 7.33. The summed E-state index contributed by atoms with van der Waals surface area (Å²) in [5.74, 6) is 0. The van der Waals surface area contributed by atoms with Gasteiger partial charge < -0.3 is 9.47 Å². The molecule has 1 aliphatic rings. The van der Waals surface area contributed by atoms with E-state index < -0.39 is 0 Å². The summed E-state index contributed by atoms with van der Waals surface area (Å²) < 4.78 is 11.8. The molecular weight excluding hydrogens is 134 g/mol. The van der Waals surface area contributed by atoms with Crippen LogP contribution in [0.4, 0.5) is 0 Å². The fourth-order valence-electron chi connectivity index (χ4n) is 0.829. The van der Waals surface area contributed by atoms with Crippen LogP contribution in [-0.4, -0.2) is 28.2 Å². The lowest BCUT2D eigenvalue weighted by Gasteiger charge is -2.05. The largest absolute Gasteiger partial charge is 0.331 e. The Hall–Kier alpha value is -0.940. The summed E-state index contributed by atoms with van der Waals surface area (Å²) in [6, 6.07) is 0. The van der Waals surface area contributed by atoms with Gasteiger partial charge in [0.25, 0.3) is 6.41 Å². The van der Waals surface area contributed by atoms with Gasteiger partial charge in [-0.1, -0.05) is 5.21 Å². The standard InChI is InChI=1S/C5H7N3O2/c1-2-8(7-6-1)5-9-3-4-10-5/h1-2,5H,3-4H2. The molecule has 0 spiro atoms. The molecule has 1 saturated heterocycles. The number of nitrogens with zero attached hydrogens (tertiary/aromatic N) is 3. The highest BCUT2D eigenvalue weighted by Crippen LogP contribution is 2.13. The van der Waals surface area contributed by atoms with Crippen LogP contribution in [0.25, 0.3) is 0 Å². The maximum atomic E-state index is 5.14. The number of aromatic nitrogens is 3. The van der Waals surface area contributed by atoms with E-state index in [1.54, 1.807) is 12.4 Å². The molecule has 5 heteroatoms. The minimum absolute atomic E-state index is 0.359. The smallest absolute Gasteiger partial charge is 0.261 e. The van der Waals surface area contributed by atoms with Crippen LogP contribution in [0, 0.1) is 0 Å². The highest BCUT2D eigenvalue weighted by molar-refractivity contribution is 4.65. The summed E-state index contributed by atoms with van der Waals surface area (Å²) in [6.07, 6.45) is 2.93. The van der Waals surface area contributed by atoms with Crippen molar-refractivity contribution in [2.24, 2.45) is 0 Å². The highest BCUT2D eigenvalue weighted by atomic mass is 16.7. The average molecular weight is 141 g/mol. The number of hydrogen-bond donors (Lipinski definition) is 0. The zero-order valence-electron chi connectivity index (χ0n) is 5.30. The van der Waals surface area contributed by atoms with Crippen LogP contribution >= 0.6 is 0 Å². The third kappa shape index (κ3) is 0.891. The van der Waals surface area contributed by atoms with E-state index in [2.05, 4.69) is 10.3 Å². The fraction of sp³-hybridized carbons (Fsp3) is 0.600. The molecule has 54 valence electrons. The molecule has 0 aliphatic carbocycles. The lowest BCUT2D eigenvalue weighted by Crippen LogP contribution is -2.09. The minimum atomic E-state index is -0.359. The van der Waals surface area contributed by atoms with E-state index >= 15 is 0 Å². The van der Waals surface area contributed by atoms with Gasteiger partial charge in [0.2, 0.25) is 0 Å². The van der Waals surface area contributed by atoms with E-state index in [-0.39, 0.29) is 6.41 Å². The molecule has 0 N–H and O–H groups in total. The summed E-state index contributed by atoms with van der Waals surface area (Å²) in [7, 11) is 0. The van der Waals surface area contributed by atoms with E-state index in [4.69, 9.17) is 9.47 Å². The summed E-state index contributed by atoms with van der Waals surface area (Å²) in [6.45, 7) is 1.26. The Morgan fingerprint density at radius 1 is 1.40 bits per heavy atom. The van der Waals surface area contributed by atoms with Crippen LogP contribution in [0.15, 0.2) is 12.4 Å². The lowest BCUT2D eigenvalue weighted by molar-refractivity contribution is -0.110. The van der Waals surface area contributed by atoms with Crippen LogP contribution in [0.3, 0.4) is 0 Å². The second-order valence-corrected chi connectivity index (χ2v) is 1.93. The zero-order chi connectivity index (χ0) is 6.81. The van der Waals surface area contributed by atoms with Crippen LogP contribution in [0.1, 0.15) is 6.41 Å². The molecule has 1 aliphatic heterocycles. The van der Waals surface area contributed by atoms with Crippen molar-refractivity contribution in [3.8, 4) is 0 Å². The number of rotatable bonds is 1. The zero-order valence-corrected chi connectivity index (χ0v) is 5.30. The van der Waals surface area contributed by atoms with Crippen molar-refractivity contribution in [1.29, 1.82) is 0 Å². The summed E-state index contributed by atoms with van der Waals surface area (Å²) >= 11 is 0. The van der Waals surface area contributed by atoms with Crippen LogP contribution in [-0.2, 0) is 9.47 Å². The molecule has 1 aromatic rings. The molecule has 0 amide bonds. The first-order chi connectivity index (χ1) is 4.97. The van der Waals surface area contributed by atoms with E-state index in [0.29, 0.717) is 13.2 Å². The van der Waals surface area contributed by atoms with Gasteiger partial charge in [-0.2, -0.15) is 4.68 Å². The third-order valence-electron chi connectivity index (χ3n) is 1.26. The maximum absolute atomic E-state index is 5.14. The first kappa shape index (κ1) is 5.82. The monoisotopic (exact) mass is 141 g/mol. The van der Waals surface area contributed by atoms with Gasteiger partial charge in [0.1, 0.15) is 0 Å². The predicted molar refractivity (Wildman–Crippen MR) is 31.0 cm³/mol. The SMILES string of the molecule is c1cn(C2OCCO2)nn1. The van der Waals surface area contributed by atoms with Crippen molar-refractivity contribution >= 4 is 0 Å². The van der Waals surface area contributed by atoms with Crippen LogP contribution in [0.2, 0.25) is 0 Å². The molecule has 0 saturated carbocycles. The first-order valence-corrected chi connectivity index (χ1v) is 3.06. The molecular formula is C5H7N3O2. The van der Waals surface area contributed by atoms with E-state index in [0.717, 1.165) is 0 Å². The molecule has 0 radical (unpaired) electrons. The third-order valence-corrected chi connectivity index (χ3v) is 1.26. The van der Waals surface area contributed by atoms with E-state index in [1.807, 2.05) is 0 Å². The predicted octanol–water partition coefficient (Wildman–Crippen LogP) is -0.219. The first-order valence-electron chi connectivity index (χ1n) is 3.06. The van der Waals surface area contributed by atoms with Gasteiger partial charge in [0.15, 0.2) is 0 Å². The molecule has 1 fully saturated rings. The lowest BCUT2D eigenvalue weighted by atomic mass is 10.8. The highest BCUT2D eigenvalue weighted by Gasteiger charge is 2.17.